The van der Waals surface area contributed by atoms with Crippen LogP contribution in [0.5, 0.6) is 0 Å². The summed E-state index contributed by atoms with van der Waals surface area (Å²) in [6.07, 6.45) is 2.77. The Bertz CT molecular complexity index is 1180. The van der Waals surface area contributed by atoms with E-state index < -0.39 is 12.1 Å². The standard InChI is InChI=1S/C24H25ClN4O3/c1-14-9-15(2)11-18(10-14)27-22(30)6-5-21-23(31)29(24(32)28-21)8-7-16-13-26-20-4-3-17(25)12-19(16)20/h3-4,9-13,21,26H,5-8H2,1-2H3,(H,27,30)(H,28,32)/t21-/m0/s1. The lowest BCUT2D eigenvalue weighted by atomic mass is 10.1. The molecule has 0 spiro atoms. The van der Waals surface area contributed by atoms with Crippen LogP contribution in [0.2, 0.25) is 5.02 Å². The highest BCUT2D eigenvalue weighted by Gasteiger charge is 2.37. The number of imide groups is 1. The van der Waals surface area contributed by atoms with E-state index in [1.54, 1.807) is 0 Å². The first-order chi connectivity index (χ1) is 15.3. The van der Waals surface area contributed by atoms with Crippen molar-refractivity contribution in [2.45, 2.75) is 39.2 Å². The van der Waals surface area contributed by atoms with Gasteiger partial charge in [-0.25, -0.2) is 4.79 Å². The molecule has 3 aromatic rings. The van der Waals surface area contributed by atoms with Crippen LogP contribution in [0.1, 0.15) is 29.5 Å². The molecule has 1 saturated heterocycles. The highest BCUT2D eigenvalue weighted by molar-refractivity contribution is 6.31. The predicted octanol–water partition coefficient (Wildman–Crippen LogP) is 4.32. The van der Waals surface area contributed by atoms with Crippen LogP contribution in [0.15, 0.2) is 42.6 Å². The molecule has 7 nitrogen and oxygen atoms in total. The minimum Gasteiger partial charge on any atom is -0.361 e. The Balaban J connectivity index is 1.32. The van der Waals surface area contributed by atoms with Crippen molar-refractivity contribution in [1.82, 2.24) is 15.2 Å². The number of aryl methyl sites for hydroxylation is 2. The molecule has 1 aliphatic rings. The maximum atomic E-state index is 12.7. The van der Waals surface area contributed by atoms with Crippen molar-refractivity contribution in [1.29, 1.82) is 0 Å². The number of nitrogens with one attached hydrogen (secondary N) is 3. The maximum Gasteiger partial charge on any atom is 0.324 e. The monoisotopic (exact) mass is 452 g/mol. The van der Waals surface area contributed by atoms with Gasteiger partial charge in [-0.2, -0.15) is 0 Å². The van der Waals surface area contributed by atoms with Crippen molar-refractivity contribution in [2.24, 2.45) is 0 Å². The second-order valence-electron chi connectivity index (χ2n) is 8.21. The number of amides is 4. The SMILES string of the molecule is Cc1cc(C)cc(NC(=O)CC[C@@H]2NC(=O)N(CCc3c[nH]c4ccc(Cl)cc34)C2=O)c1. The fourth-order valence-electron chi connectivity index (χ4n) is 4.12. The maximum absolute atomic E-state index is 12.7. The van der Waals surface area contributed by atoms with Crippen molar-refractivity contribution in [3.05, 3.63) is 64.3 Å². The Kier molecular flexibility index (Phi) is 6.19. The third kappa shape index (κ3) is 4.78. The summed E-state index contributed by atoms with van der Waals surface area (Å²) in [6, 6.07) is 10.3. The Morgan fingerprint density at radius 1 is 1.12 bits per heavy atom. The minimum atomic E-state index is -0.690. The van der Waals surface area contributed by atoms with Gasteiger partial charge in [0, 0.05) is 40.8 Å². The minimum absolute atomic E-state index is 0.137. The number of rotatable bonds is 7. The van der Waals surface area contributed by atoms with Crippen molar-refractivity contribution < 1.29 is 14.4 Å². The summed E-state index contributed by atoms with van der Waals surface area (Å²) in [7, 11) is 0. The van der Waals surface area contributed by atoms with Gasteiger partial charge >= 0.3 is 6.03 Å². The molecule has 2 aromatic carbocycles. The summed E-state index contributed by atoms with van der Waals surface area (Å²) < 4.78 is 0. The fraction of sp³-hybridized carbons (Fsp3) is 0.292. The smallest absolute Gasteiger partial charge is 0.324 e. The van der Waals surface area contributed by atoms with Gasteiger partial charge in [0.1, 0.15) is 6.04 Å². The van der Waals surface area contributed by atoms with E-state index in [1.165, 1.54) is 4.90 Å². The zero-order valence-electron chi connectivity index (χ0n) is 18.0. The predicted molar refractivity (Wildman–Crippen MR) is 125 cm³/mol. The number of anilines is 1. The van der Waals surface area contributed by atoms with E-state index in [0.29, 0.717) is 11.4 Å². The third-order valence-corrected chi connectivity index (χ3v) is 5.84. The van der Waals surface area contributed by atoms with Gasteiger partial charge in [-0.05, 0) is 73.7 Å². The molecule has 1 fully saturated rings. The van der Waals surface area contributed by atoms with E-state index >= 15 is 0 Å². The average Bonchev–Trinajstić information content (AvgIpc) is 3.24. The largest absolute Gasteiger partial charge is 0.361 e. The second kappa shape index (κ2) is 9.04. The topological polar surface area (TPSA) is 94.3 Å². The molecule has 166 valence electrons. The van der Waals surface area contributed by atoms with Crippen molar-refractivity contribution in [3.8, 4) is 0 Å². The van der Waals surface area contributed by atoms with E-state index in [0.717, 1.165) is 33.3 Å². The molecule has 0 aliphatic carbocycles. The van der Waals surface area contributed by atoms with Crippen molar-refractivity contribution in [3.63, 3.8) is 0 Å². The van der Waals surface area contributed by atoms with Crippen LogP contribution in [0, 0.1) is 13.8 Å². The molecule has 8 heteroatoms. The number of benzene rings is 2. The van der Waals surface area contributed by atoms with E-state index in [1.807, 2.05) is 56.4 Å². The number of nitrogens with zero attached hydrogens (tertiary/aromatic N) is 1. The van der Waals surface area contributed by atoms with Crippen LogP contribution in [0.4, 0.5) is 10.5 Å². The summed E-state index contributed by atoms with van der Waals surface area (Å²) in [5, 5.41) is 7.16. The normalized spacial score (nSPS) is 16.0. The molecule has 1 aliphatic heterocycles. The van der Waals surface area contributed by atoms with Crippen LogP contribution in [-0.2, 0) is 16.0 Å². The highest BCUT2D eigenvalue weighted by Crippen LogP contribution is 2.23. The molecule has 0 unspecified atom stereocenters. The summed E-state index contributed by atoms with van der Waals surface area (Å²) in [6.45, 7) is 4.19. The molecule has 2 heterocycles. The number of urea groups is 1. The van der Waals surface area contributed by atoms with Gasteiger partial charge in [0.25, 0.3) is 5.91 Å². The van der Waals surface area contributed by atoms with E-state index in [4.69, 9.17) is 11.6 Å². The van der Waals surface area contributed by atoms with Gasteiger partial charge in [0.05, 0.1) is 0 Å². The van der Waals surface area contributed by atoms with Crippen LogP contribution in [0.25, 0.3) is 10.9 Å². The van der Waals surface area contributed by atoms with E-state index in [2.05, 4.69) is 15.6 Å². The lowest BCUT2D eigenvalue weighted by molar-refractivity contribution is -0.127. The zero-order valence-corrected chi connectivity index (χ0v) is 18.8. The van der Waals surface area contributed by atoms with Crippen LogP contribution < -0.4 is 10.6 Å². The number of aromatic nitrogens is 1. The summed E-state index contributed by atoms with van der Waals surface area (Å²) >= 11 is 6.09. The molecule has 1 atom stereocenters. The van der Waals surface area contributed by atoms with Gasteiger partial charge in [-0.1, -0.05) is 17.7 Å². The second-order valence-corrected chi connectivity index (χ2v) is 8.65. The number of hydrogen-bond acceptors (Lipinski definition) is 3. The van der Waals surface area contributed by atoms with Crippen LogP contribution in [-0.4, -0.2) is 40.3 Å². The first kappa shape index (κ1) is 21.9. The van der Waals surface area contributed by atoms with E-state index in [9.17, 15) is 14.4 Å². The third-order valence-electron chi connectivity index (χ3n) is 5.61. The number of carbonyl (C=O) groups is 3. The van der Waals surface area contributed by atoms with Gasteiger partial charge in [0.2, 0.25) is 5.91 Å². The summed E-state index contributed by atoms with van der Waals surface area (Å²) in [5.41, 5.74) is 4.79. The van der Waals surface area contributed by atoms with Crippen LogP contribution in [0.3, 0.4) is 0 Å². The molecule has 3 N–H and O–H groups in total. The molecular weight excluding hydrogens is 428 g/mol. The molecule has 1 aromatic heterocycles. The number of aromatic amines is 1. The molecule has 4 rings (SSSR count). The first-order valence-corrected chi connectivity index (χ1v) is 10.9. The van der Waals surface area contributed by atoms with Crippen molar-refractivity contribution >= 4 is 46.0 Å². The Hall–Kier alpha value is -3.32. The number of H-pyrrole nitrogens is 1. The summed E-state index contributed by atoms with van der Waals surface area (Å²) in [5.74, 6) is -0.488. The Morgan fingerprint density at radius 2 is 1.88 bits per heavy atom. The number of hydrogen-bond donors (Lipinski definition) is 3. The number of carbonyl (C=O) groups excluding carboxylic acids is 3. The lowest BCUT2D eigenvalue weighted by Gasteiger charge is -2.13. The van der Waals surface area contributed by atoms with Gasteiger partial charge in [-0.15, -0.1) is 0 Å². The van der Waals surface area contributed by atoms with Gasteiger partial charge < -0.3 is 15.6 Å². The zero-order chi connectivity index (χ0) is 22.8. The fourth-order valence-corrected chi connectivity index (χ4v) is 4.29. The molecule has 0 bridgehead atoms. The molecule has 0 radical (unpaired) electrons. The average molecular weight is 453 g/mol. The molecule has 0 saturated carbocycles. The van der Waals surface area contributed by atoms with Gasteiger partial charge in [0.15, 0.2) is 0 Å². The molecule has 4 amide bonds. The quantitative estimate of drug-likeness (QED) is 0.466. The van der Waals surface area contributed by atoms with Crippen molar-refractivity contribution in [2.75, 3.05) is 11.9 Å². The lowest BCUT2D eigenvalue weighted by Crippen LogP contribution is -2.33. The van der Waals surface area contributed by atoms with Gasteiger partial charge in [-0.3, -0.25) is 14.5 Å². The first-order valence-electron chi connectivity index (χ1n) is 10.6. The highest BCUT2D eigenvalue weighted by atomic mass is 35.5. The summed E-state index contributed by atoms with van der Waals surface area (Å²) in [4.78, 5) is 41.8. The van der Waals surface area contributed by atoms with Crippen LogP contribution >= 0.6 is 11.6 Å². The number of halogens is 1. The molecule has 32 heavy (non-hydrogen) atoms. The number of fused-ring (bicyclic) bond motifs is 1. The molecular formula is C24H25ClN4O3. The Labute approximate surface area is 191 Å². The van der Waals surface area contributed by atoms with E-state index in [-0.39, 0.29) is 31.2 Å². The Morgan fingerprint density at radius 3 is 2.62 bits per heavy atom.